The van der Waals surface area contributed by atoms with Gasteiger partial charge < -0.3 is 10.0 Å². The van der Waals surface area contributed by atoms with Gasteiger partial charge in [-0.15, -0.1) is 0 Å². The molecule has 0 aliphatic carbocycles. The Kier molecular flexibility index (Phi) is 2.83. The number of piperidine rings is 1. The molecule has 6 heteroatoms. The van der Waals surface area contributed by atoms with Crippen LogP contribution in [0.15, 0.2) is 18.5 Å². The summed E-state index contributed by atoms with van der Waals surface area (Å²) >= 11 is 0. The molecule has 2 saturated heterocycles. The first kappa shape index (κ1) is 12.9. The number of halogens is 3. The fraction of sp³-hybridized carbons (Fsp3) is 0.615. The zero-order valence-corrected chi connectivity index (χ0v) is 10.3. The number of rotatable bonds is 1. The van der Waals surface area contributed by atoms with Crippen molar-refractivity contribution in [1.82, 2.24) is 9.88 Å². The molecule has 3 heterocycles. The van der Waals surface area contributed by atoms with E-state index in [2.05, 4.69) is 9.88 Å². The molecule has 2 aliphatic heterocycles. The van der Waals surface area contributed by atoms with Crippen LogP contribution < -0.4 is 0 Å². The lowest BCUT2D eigenvalue weighted by Crippen LogP contribution is -2.45. The second kappa shape index (κ2) is 4.18. The third-order valence-electron chi connectivity index (χ3n) is 4.35. The Morgan fingerprint density at radius 1 is 1.37 bits per heavy atom. The van der Waals surface area contributed by atoms with Crippen LogP contribution in [0.25, 0.3) is 0 Å². The third-order valence-corrected chi connectivity index (χ3v) is 4.35. The van der Waals surface area contributed by atoms with E-state index in [-0.39, 0.29) is 11.5 Å². The first-order valence-corrected chi connectivity index (χ1v) is 6.38. The van der Waals surface area contributed by atoms with Crippen LogP contribution in [0, 0.1) is 5.92 Å². The average molecular weight is 272 g/mol. The largest absolute Gasteiger partial charge is 0.416 e. The van der Waals surface area contributed by atoms with Crippen molar-refractivity contribution in [2.24, 2.45) is 5.92 Å². The zero-order chi connectivity index (χ0) is 13.7. The van der Waals surface area contributed by atoms with Crippen LogP contribution >= 0.6 is 0 Å². The molecule has 3 rings (SSSR count). The molecule has 0 radical (unpaired) electrons. The van der Waals surface area contributed by atoms with Gasteiger partial charge in [-0.1, -0.05) is 0 Å². The van der Waals surface area contributed by atoms with E-state index in [9.17, 15) is 18.3 Å². The highest BCUT2D eigenvalue weighted by molar-refractivity contribution is 5.33. The molecule has 3 atom stereocenters. The lowest BCUT2D eigenvalue weighted by atomic mass is 9.76. The Hall–Kier alpha value is -1.14. The van der Waals surface area contributed by atoms with Crippen LogP contribution in [0.3, 0.4) is 0 Å². The maximum Gasteiger partial charge on any atom is 0.416 e. The third kappa shape index (κ3) is 2.03. The van der Waals surface area contributed by atoms with Gasteiger partial charge in [0.05, 0.1) is 11.2 Å². The summed E-state index contributed by atoms with van der Waals surface area (Å²) in [7, 11) is 0. The van der Waals surface area contributed by atoms with Crippen LogP contribution in [0.1, 0.15) is 24.0 Å². The van der Waals surface area contributed by atoms with E-state index in [1.54, 1.807) is 0 Å². The van der Waals surface area contributed by atoms with Gasteiger partial charge in [-0.2, -0.15) is 13.2 Å². The summed E-state index contributed by atoms with van der Waals surface area (Å²) in [6.45, 7) is 2.16. The van der Waals surface area contributed by atoms with Gasteiger partial charge in [0.25, 0.3) is 0 Å². The average Bonchev–Trinajstić information content (AvgIpc) is 2.79. The predicted octanol–water partition coefficient (Wildman–Crippen LogP) is 2.01. The maximum absolute atomic E-state index is 13.1. The Bertz CT molecular complexity index is 491. The van der Waals surface area contributed by atoms with E-state index in [0.717, 1.165) is 25.2 Å². The monoisotopic (exact) mass is 272 g/mol. The first-order chi connectivity index (χ1) is 8.91. The smallest absolute Gasteiger partial charge is 0.385 e. The highest BCUT2D eigenvalue weighted by atomic mass is 19.4. The van der Waals surface area contributed by atoms with E-state index in [1.165, 1.54) is 6.20 Å². The second-order valence-electron chi connectivity index (χ2n) is 5.38. The van der Waals surface area contributed by atoms with Gasteiger partial charge in [-0.05, 0) is 25.5 Å². The quantitative estimate of drug-likeness (QED) is 0.849. The molecule has 2 aliphatic rings. The number of pyridine rings is 1. The summed E-state index contributed by atoms with van der Waals surface area (Å²) in [5, 5.41) is 10.8. The number of alkyl halides is 3. The standard InChI is InChI=1S/C13H15F3N2O/c14-13(15,16)10-1-4-17-7-11(10)12(19)3-6-18-5-2-9(12)8-18/h1,4,7,9,19H,2-3,5-6,8H2. The van der Waals surface area contributed by atoms with E-state index in [1.807, 2.05) is 0 Å². The van der Waals surface area contributed by atoms with Gasteiger partial charge in [-0.25, -0.2) is 0 Å². The molecular formula is C13H15F3N2O. The fourth-order valence-corrected chi connectivity index (χ4v) is 3.30. The van der Waals surface area contributed by atoms with Crippen molar-refractivity contribution in [3.63, 3.8) is 0 Å². The summed E-state index contributed by atoms with van der Waals surface area (Å²) in [6, 6.07) is 0.953. The normalized spacial score (nSPS) is 34.5. The highest BCUT2D eigenvalue weighted by Crippen LogP contribution is 2.46. The number of nitrogens with zero attached hydrogens (tertiary/aromatic N) is 2. The Morgan fingerprint density at radius 2 is 2.16 bits per heavy atom. The molecule has 0 saturated carbocycles. The Balaban J connectivity index is 2.06. The van der Waals surface area contributed by atoms with Crippen LogP contribution in [-0.4, -0.2) is 34.6 Å². The fourth-order valence-electron chi connectivity index (χ4n) is 3.30. The summed E-state index contributed by atoms with van der Waals surface area (Å²) < 4.78 is 39.2. The topological polar surface area (TPSA) is 36.4 Å². The Morgan fingerprint density at radius 3 is 2.89 bits per heavy atom. The minimum atomic E-state index is -4.45. The minimum Gasteiger partial charge on any atom is -0.385 e. The highest BCUT2D eigenvalue weighted by Gasteiger charge is 2.49. The second-order valence-corrected chi connectivity index (χ2v) is 5.38. The summed E-state index contributed by atoms with van der Waals surface area (Å²) in [5.74, 6) is -0.133. The van der Waals surface area contributed by atoms with Crippen molar-refractivity contribution in [2.45, 2.75) is 24.6 Å². The number of hydrogen-bond donors (Lipinski definition) is 1. The van der Waals surface area contributed by atoms with Crippen molar-refractivity contribution < 1.29 is 18.3 Å². The molecule has 1 aromatic heterocycles. The maximum atomic E-state index is 13.1. The molecule has 0 aromatic carbocycles. The molecule has 2 fully saturated rings. The molecule has 1 aromatic rings. The lowest BCUT2D eigenvalue weighted by Gasteiger charge is -2.40. The van der Waals surface area contributed by atoms with Crippen LogP contribution in [0.4, 0.5) is 13.2 Å². The van der Waals surface area contributed by atoms with Crippen molar-refractivity contribution in [3.8, 4) is 0 Å². The van der Waals surface area contributed by atoms with E-state index < -0.39 is 17.3 Å². The molecule has 2 bridgehead atoms. The number of fused-ring (bicyclic) bond motifs is 2. The van der Waals surface area contributed by atoms with Gasteiger partial charge in [0.1, 0.15) is 0 Å². The summed E-state index contributed by atoms with van der Waals surface area (Å²) in [4.78, 5) is 5.97. The van der Waals surface area contributed by atoms with E-state index in [4.69, 9.17) is 0 Å². The summed E-state index contributed by atoms with van der Waals surface area (Å²) in [5.41, 5.74) is -2.22. The van der Waals surface area contributed by atoms with Crippen LogP contribution in [0.2, 0.25) is 0 Å². The van der Waals surface area contributed by atoms with Gasteiger partial charge in [0, 0.05) is 37.0 Å². The van der Waals surface area contributed by atoms with E-state index in [0.29, 0.717) is 19.5 Å². The molecular weight excluding hydrogens is 257 g/mol. The van der Waals surface area contributed by atoms with E-state index >= 15 is 0 Å². The number of aliphatic hydroxyl groups is 1. The molecule has 0 spiro atoms. The van der Waals surface area contributed by atoms with Gasteiger partial charge in [-0.3, -0.25) is 4.98 Å². The van der Waals surface area contributed by atoms with Crippen molar-refractivity contribution in [2.75, 3.05) is 19.6 Å². The van der Waals surface area contributed by atoms with Crippen LogP contribution in [0.5, 0.6) is 0 Å². The van der Waals surface area contributed by atoms with Crippen molar-refractivity contribution >= 4 is 0 Å². The molecule has 104 valence electrons. The molecule has 0 amide bonds. The predicted molar refractivity (Wildman–Crippen MR) is 62.3 cm³/mol. The SMILES string of the molecule is OC1(c2cnccc2C(F)(F)F)CCN2CCC1C2. The van der Waals surface area contributed by atoms with Gasteiger partial charge >= 0.3 is 6.18 Å². The van der Waals surface area contributed by atoms with Gasteiger partial charge in [0.15, 0.2) is 0 Å². The van der Waals surface area contributed by atoms with Crippen molar-refractivity contribution in [3.05, 3.63) is 29.6 Å². The number of aromatic nitrogens is 1. The summed E-state index contributed by atoms with van der Waals surface area (Å²) in [6.07, 6.45) is -1.07. The van der Waals surface area contributed by atoms with Crippen LogP contribution in [-0.2, 0) is 11.8 Å². The first-order valence-electron chi connectivity index (χ1n) is 6.38. The molecule has 3 nitrogen and oxygen atoms in total. The molecule has 3 unspecified atom stereocenters. The molecule has 1 N–H and O–H groups in total. The van der Waals surface area contributed by atoms with Gasteiger partial charge in [0.2, 0.25) is 0 Å². The number of hydrogen-bond acceptors (Lipinski definition) is 3. The Labute approximate surface area is 109 Å². The van der Waals surface area contributed by atoms with Crippen molar-refractivity contribution in [1.29, 1.82) is 0 Å². The lowest BCUT2D eigenvalue weighted by molar-refractivity contribution is -0.143. The molecule has 19 heavy (non-hydrogen) atoms. The zero-order valence-electron chi connectivity index (χ0n) is 10.3. The minimum absolute atomic E-state index is 0.0611.